The van der Waals surface area contributed by atoms with Gasteiger partial charge in [0, 0.05) is 35.0 Å². The standard InChI is InChI=1S/C25H27N3O2S3/c1-3-5-10-20(29)17-9-7-8-16(14-17)18-15-19(23-27-11-12-31-23)28-24-21(18)22(26)25(32-24)33(30)13-6-4-2/h3,7-9,11-12,14-15,21,24H,1,4-6,10,13,26H2,2H3. The van der Waals surface area contributed by atoms with Crippen molar-refractivity contribution in [1.29, 1.82) is 0 Å². The molecule has 0 fully saturated rings. The number of fused-ring (bicyclic) bond motifs is 1. The number of ketones is 1. The van der Waals surface area contributed by atoms with E-state index in [1.54, 1.807) is 12.3 Å². The van der Waals surface area contributed by atoms with Gasteiger partial charge in [-0.2, -0.15) is 0 Å². The molecule has 3 unspecified atom stereocenters. The number of Topliss-reactive ketones (excluding diaryl/α,β-unsaturated/α-hetero) is 1. The maximum atomic E-state index is 13.0. The normalized spacial score (nSPS) is 20.8. The van der Waals surface area contributed by atoms with E-state index in [9.17, 15) is 9.00 Å². The zero-order valence-electron chi connectivity index (χ0n) is 18.5. The van der Waals surface area contributed by atoms with Gasteiger partial charge in [0.05, 0.1) is 26.7 Å². The number of carbonyl (C=O) groups is 1. The lowest BCUT2D eigenvalue weighted by atomic mass is 9.86. The smallest absolute Gasteiger partial charge is 0.163 e. The quantitative estimate of drug-likeness (QED) is 0.344. The van der Waals surface area contributed by atoms with Crippen LogP contribution in [0.15, 0.2) is 69.5 Å². The highest BCUT2D eigenvalue weighted by Crippen LogP contribution is 2.50. The van der Waals surface area contributed by atoms with E-state index in [0.717, 1.165) is 38.9 Å². The number of hydrogen-bond acceptors (Lipinski definition) is 7. The topological polar surface area (TPSA) is 85.4 Å². The Labute approximate surface area is 205 Å². The number of unbranched alkanes of at least 4 members (excludes halogenated alkanes) is 1. The summed E-state index contributed by atoms with van der Waals surface area (Å²) in [5.74, 6) is 0.510. The van der Waals surface area contributed by atoms with E-state index in [-0.39, 0.29) is 17.1 Å². The fraction of sp³-hybridized carbons (Fsp3) is 0.320. The van der Waals surface area contributed by atoms with Crippen LogP contribution in [0.5, 0.6) is 0 Å². The molecule has 2 aliphatic rings. The number of rotatable bonds is 10. The van der Waals surface area contributed by atoms with Crippen LogP contribution >= 0.6 is 23.1 Å². The Morgan fingerprint density at radius 2 is 2.21 bits per heavy atom. The van der Waals surface area contributed by atoms with Gasteiger partial charge in [-0.3, -0.25) is 14.0 Å². The number of nitrogens with two attached hydrogens (primary N) is 1. The molecule has 4 rings (SSSR count). The predicted octanol–water partition coefficient (Wildman–Crippen LogP) is 5.54. The van der Waals surface area contributed by atoms with E-state index in [0.29, 0.717) is 29.9 Å². The average Bonchev–Trinajstić information content (AvgIpc) is 3.49. The Morgan fingerprint density at radius 1 is 1.36 bits per heavy atom. The molecular weight excluding hydrogens is 470 g/mol. The van der Waals surface area contributed by atoms with Crippen LogP contribution < -0.4 is 5.73 Å². The van der Waals surface area contributed by atoms with Gasteiger partial charge in [-0.05, 0) is 36.1 Å². The molecule has 5 nitrogen and oxygen atoms in total. The first-order valence-corrected chi connectivity index (χ1v) is 14.1. The molecule has 8 heteroatoms. The molecule has 0 spiro atoms. The third-order valence-electron chi connectivity index (χ3n) is 5.61. The predicted molar refractivity (Wildman–Crippen MR) is 141 cm³/mol. The van der Waals surface area contributed by atoms with Gasteiger partial charge in [0.1, 0.15) is 10.4 Å². The summed E-state index contributed by atoms with van der Waals surface area (Å²) < 4.78 is 13.7. The van der Waals surface area contributed by atoms with Gasteiger partial charge in [-0.1, -0.05) is 49.4 Å². The number of nitrogens with zero attached hydrogens (tertiary/aromatic N) is 2. The van der Waals surface area contributed by atoms with Gasteiger partial charge >= 0.3 is 0 Å². The number of hydrogen-bond donors (Lipinski definition) is 1. The minimum Gasteiger partial charge on any atom is -0.400 e. The SMILES string of the molecule is C=CCCC(=O)c1cccc(C2=CC(c3nccs3)=NC3SC(S(=O)CCCC)=C(N)C23)c1. The van der Waals surface area contributed by atoms with Crippen LogP contribution in [0.25, 0.3) is 5.57 Å². The Balaban J connectivity index is 1.75. The van der Waals surface area contributed by atoms with Gasteiger partial charge in [-0.15, -0.1) is 17.9 Å². The summed E-state index contributed by atoms with van der Waals surface area (Å²) in [6.07, 6.45) is 8.51. The lowest BCUT2D eigenvalue weighted by molar-refractivity contribution is 0.0983. The van der Waals surface area contributed by atoms with E-state index < -0.39 is 10.8 Å². The Hall–Kier alpha value is -2.29. The first-order chi connectivity index (χ1) is 16.0. The summed E-state index contributed by atoms with van der Waals surface area (Å²) in [5.41, 5.74) is 10.7. The highest BCUT2D eigenvalue weighted by molar-refractivity contribution is 8.17. The fourth-order valence-corrected chi connectivity index (χ4v) is 7.68. The van der Waals surface area contributed by atoms with E-state index in [1.807, 2.05) is 35.7 Å². The molecule has 1 aromatic carbocycles. The third-order valence-corrected chi connectivity index (χ3v) is 9.63. The van der Waals surface area contributed by atoms with Crippen molar-refractivity contribution in [2.24, 2.45) is 16.6 Å². The van der Waals surface area contributed by atoms with Gasteiger partial charge in [-0.25, -0.2) is 4.98 Å². The molecule has 2 aromatic rings. The molecule has 1 aromatic heterocycles. The molecule has 0 saturated carbocycles. The molecule has 2 N–H and O–H groups in total. The Morgan fingerprint density at radius 3 is 2.94 bits per heavy atom. The van der Waals surface area contributed by atoms with Crippen molar-refractivity contribution >= 4 is 51.0 Å². The van der Waals surface area contributed by atoms with Crippen LogP contribution in [-0.2, 0) is 10.8 Å². The second-order valence-corrected chi connectivity index (χ2v) is 11.7. The minimum atomic E-state index is -1.13. The molecule has 0 amide bonds. The van der Waals surface area contributed by atoms with Gasteiger partial charge in [0.15, 0.2) is 5.78 Å². The summed E-state index contributed by atoms with van der Waals surface area (Å²) in [4.78, 5) is 22.0. The van der Waals surface area contributed by atoms with E-state index >= 15 is 0 Å². The second kappa shape index (κ2) is 10.8. The molecule has 33 heavy (non-hydrogen) atoms. The number of thioether (sulfide) groups is 1. The number of carbonyl (C=O) groups excluding carboxylic acids is 1. The average molecular weight is 498 g/mol. The van der Waals surface area contributed by atoms with Crippen molar-refractivity contribution in [3.63, 3.8) is 0 Å². The molecule has 3 heterocycles. The zero-order valence-corrected chi connectivity index (χ0v) is 21.0. The number of allylic oxidation sites excluding steroid dienone is 2. The monoisotopic (exact) mass is 497 g/mol. The molecule has 2 aliphatic heterocycles. The zero-order chi connectivity index (χ0) is 23.4. The van der Waals surface area contributed by atoms with Crippen LogP contribution in [0, 0.1) is 5.92 Å². The number of thiazole rings is 1. The molecule has 0 bridgehead atoms. The van der Waals surface area contributed by atoms with Gasteiger partial charge in [0.25, 0.3) is 0 Å². The summed E-state index contributed by atoms with van der Waals surface area (Å²) in [7, 11) is -1.13. The van der Waals surface area contributed by atoms with E-state index in [2.05, 4.69) is 18.5 Å². The van der Waals surface area contributed by atoms with Crippen molar-refractivity contribution in [3.05, 3.63) is 80.6 Å². The Kier molecular flexibility index (Phi) is 7.78. The van der Waals surface area contributed by atoms with Crippen molar-refractivity contribution in [2.45, 2.75) is 38.0 Å². The van der Waals surface area contributed by atoms with Gasteiger partial charge < -0.3 is 5.73 Å². The summed E-state index contributed by atoms with van der Waals surface area (Å²) in [5, 5.41) is 2.57. The van der Waals surface area contributed by atoms with Crippen LogP contribution in [0.1, 0.15) is 53.5 Å². The molecule has 0 saturated heterocycles. The molecule has 172 valence electrons. The highest BCUT2D eigenvalue weighted by atomic mass is 32.2. The maximum absolute atomic E-state index is 13.0. The van der Waals surface area contributed by atoms with Gasteiger partial charge in [0.2, 0.25) is 0 Å². The van der Waals surface area contributed by atoms with Crippen LogP contribution in [0.3, 0.4) is 0 Å². The first-order valence-electron chi connectivity index (χ1n) is 11.0. The summed E-state index contributed by atoms with van der Waals surface area (Å²) in [6.45, 7) is 5.80. The van der Waals surface area contributed by atoms with Crippen molar-refractivity contribution < 1.29 is 9.00 Å². The fourth-order valence-electron chi connectivity index (χ4n) is 3.89. The number of aromatic nitrogens is 1. The van der Waals surface area contributed by atoms with Crippen LogP contribution in [0.2, 0.25) is 0 Å². The second-order valence-electron chi connectivity index (χ2n) is 7.91. The molecule has 0 radical (unpaired) electrons. The largest absolute Gasteiger partial charge is 0.400 e. The van der Waals surface area contributed by atoms with Crippen molar-refractivity contribution in [3.8, 4) is 0 Å². The van der Waals surface area contributed by atoms with Crippen molar-refractivity contribution in [2.75, 3.05) is 5.75 Å². The van der Waals surface area contributed by atoms with Crippen LogP contribution in [0.4, 0.5) is 0 Å². The third kappa shape index (κ3) is 5.13. The summed E-state index contributed by atoms with van der Waals surface area (Å²) in [6, 6.07) is 7.69. The summed E-state index contributed by atoms with van der Waals surface area (Å²) >= 11 is 3.04. The van der Waals surface area contributed by atoms with E-state index in [4.69, 9.17) is 10.7 Å². The molecule has 0 aliphatic carbocycles. The minimum absolute atomic E-state index is 0.0872. The lowest BCUT2D eigenvalue weighted by Gasteiger charge is -2.26. The van der Waals surface area contributed by atoms with Crippen LogP contribution in [-0.4, -0.2) is 31.8 Å². The molecule has 3 atom stereocenters. The highest BCUT2D eigenvalue weighted by Gasteiger charge is 2.41. The lowest BCUT2D eigenvalue weighted by Crippen LogP contribution is -2.25. The maximum Gasteiger partial charge on any atom is 0.163 e. The molecular formula is C25H27N3O2S3. The first kappa shape index (κ1) is 23.9. The number of aliphatic imine (C=N–C) groups is 1. The Bertz CT molecular complexity index is 1170. The number of benzene rings is 1. The van der Waals surface area contributed by atoms with Crippen molar-refractivity contribution in [1.82, 2.24) is 4.98 Å². The van der Waals surface area contributed by atoms with E-state index in [1.165, 1.54) is 23.1 Å². The number of dihydropyridines is 1.